The molecule has 0 bridgehead atoms. The van der Waals surface area contributed by atoms with Gasteiger partial charge in [-0.05, 0) is 38.2 Å². The number of nitrogens with zero attached hydrogens (tertiary/aromatic N) is 2. The number of hydrogen-bond acceptors (Lipinski definition) is 5. The van der Waals surface area contributed by atoms with Crippen LogP contribution in [-0.4, -0.2) is 34.8 Å². The normalized spacial score (nSPS) is 20.8. The van der Waals surface area contributed by atoms with Gasteiger partial charge in [-0.2, -0.15) is 5.10 Å². The van der Waals surface area contributed by atoms with Crippen molar-refractivity contribution >= 4 is 11.9 Å². The lowest BCUT2D eigenvalue weighted by Crippen LogP contribution is -2.40. The predicted octanol–water partition coefficient (Wildman–Crippen LogP) is 1.11. The monoisotopic (exact) mass is 321 g/mol. The lowest BCUT2D eigenvalue weighted by Gasteiger charge is -2.27. The van der Waals surface area contributed by atoms with Crippen LogP contribution >= 0.6 is 0 Å². The standard InChI is InChI=1S/C16H23N3O4/c1-3-10-19-14(20)9-8-13(18-19)15(21)17-12-6-4-11(5-7-12)16(22)23-2/h8-9,11-12H,3-7,10H2,1-2H3,(H,17,21). The number of hydrogen-bond donors (Lipinski definition) is 1. The molecule has 1 aromatic heterocycles. The molecule has 0 aromatic carbocycles. The van der Waals surface area contributed by atoms with Crippen LogP contribution in [0.1, 0.15) is 49.5 Å². The molecule has 0 radical (unpaired) electrons. The number of carbonyl (C=O) groups is 2. The molecule has 1 fully saturated rings. The molecule has 1 aliphatic rings. The summed E-state index contributed by atoms with van der Waals surface area (Å²) < 4.78 is 6.06. The third kappa shape index (κ3) is 4.40. The zero-order chi connectivity index (χ0) is 16.8. The first-order valence-electron chi connectivity index (χ1n) is 8.02. The Kier molecular flexibility index (Phi) is 5.90. The highest BCUT2D eigenvalue weighted by atomic mass is 16.5. The largest absolute Gasteiger partial charge is 0.469 e. The van der Waals surface area contributed by atoms with Gasteiger partial charge in [0, 0.05) is 18.7 Å². The van der Waals surface area contributed by atoms with E-state index in [1.165, 1.54) is 23.9 Å². The van der Waals surface area contributed by atoms with Crippen LogP contribution in [0.15, 0.2) is 16.9 Å². The second kappa shape index (κ2) is 7.89. The van der Waals surface area contributed by atoms with Crippen LogP contribution in [0.2, 0.25) is 0 Å². The van der Waals surface area contributed by atoms with E-state index in [9.17, 15) is 14.4 Å². The number of nitrogens with one attached hydrogen (secondary N) is 1. The maximum atomic E-state index is 12.3. The molecule has 0 aliphatic heterocycles. The van der Waals surface area contributed by atoms with Crippen molar-refractivity contribution in [1.82, 2.24) is 15.1 Å². The average Bonchev–Trinajstić information content (AvgIpc) is 2.57. The molecule has 1 aliphatic carbocycles. The molecule has 1 heterocycles. The van der Waals surface area contributed by atoms with Gasteiger partial charge in [0.2, 0.25) is 0 Å². The summed E-state index contributed by atoms with van der Waals surface area (Å²) in [4.78, 5) is 35.4. The minimum Gasteiger partial charge on any atom is -0.469 e. The first kappa shape index (κ1) is 17.2. The Morgan fingerprint density at radius 2 is 2.00 bits per heavy atom. The first-order valence-corrected chi connectivity index (χ1v) is 8.02. The second-order valence-electron chi connectivity index (χ2n) is 5.83. The minimum absolute atomic E-state index is 0.0248. The van der Waals surface area contributed by atoms with Crippen LogP contribution in [0.25, 0.3) is 0 Å². The zero-order valence-corrected chi connectivity index (χ0v) is 13.6. The number of aromatic nitrogens is 2. The number of esters is 1. The van der Waals surface area contributed by atoms with Crippen molar-refractivity contribution < 1.29 is 14.3 Å². The van der Waals surface area contributed by atoms with Crippen molar-refractivity contribution in [2.45, 2.75) is 51.6 Å². The van der Waals surface area contributed by atoms with Crippen molar-refractivity contribution in [2.24, 2.45) is 5.92 Å². The molecule has 1 saturated carbocycles. The molecular formula is C16H23N3O4. The molecular weight excluding hydrogens is 298 g/mol. The van der Waals surface area contributed by atoms with Gasteiger partial charge in [-0.3, -0.25) is 14.4 Å². The molecule has 23 heavy (non-hydrogen) atoms. The van der Waals surface area contributed by atoms with E-state index in [0.717, 1.165) is 19.3 Å². The van der Waals surface area contributed by atoms with E-state index in [4.69, 9.17) is 4.74 Å². The first-order chi connectivity index (χ1) is 11.0. The number of aryl methyl sites for hydroxylation is 1. The van der Waals surface area contributed by atoms with E-state index in [0.29, 0.717) is 19.4 Å². The van der Waals surface area contributed by atoms with Gasteiger partial charge in [-0.1, -0.05) is 6.92 Å². The second-order valence-corrected chi connectivity index (χ2v) is 5.83. The van der Waals surface area contributed by atoms with E-state index in [1.54, 1.807) is 0 Å². The summed E-state index contributed by atoms with van der Waals surface area (Å²) in [5, 5.41) is 7.03. The van der Waals surface area contributed by atoms with Crippen LogP contribution in [0.4, 0.5) is 0 Å². The minimum atomic E-state index is -0.281. The van der Waals surface area contributed by atoms with Crippen LogP contribution in [0, 0.1) is 5.92 Å². The van der Waals surface area contributed by atoms with Crippen molar-refractivity contribution in [3.63, 3.8) is 0 Å². The molecule has 7 nitrogen and oxygen atoms in total. The molecule has 126 valence electrons. The zero-order valence-electron chi connectivity index (χ0n) is 13.6. The number of carbonyl (C=O) groups excluding carboxylic acids is 2. The highest BCUT2D eigenvalue weighted by Crippen LogP contribution is 2.25. The van der Waals surface area contributed by atoms with E-state index < -0.39 is 0 Å². The van der Waals surface area contributed by atoms with Gasteiger partial charge in [0.25, 0.3) is 11.5 Å². The lowest BCUT2D eigenvalue weighted by atomic mass is 9.86. The third-order valence-electron chi connectivity index (χ3n) is 4.13. The summed E-state index contributed by atoms with van der Waals surface area (Å²) in [6.07, 6.45) is 3.66. The van der Waals surface area contributed by atoms with Gasteiger partial charge in [0.05, 0.1) is 13.0 Å². The molecule has 1 amide bonds. The fraction of sp³-hybridized carbons (Fsp3) is 0.625. The summed E-state index contributed by atoms with van der Waals surface area (Å²) in [5.41, 5.74) is 0.0372. The fourth-order valence-electron chi connectivity index (χ4n) is 2.84. The summed E-state index contributed by atoms with van der Waals surface area (Å²) in [5.74, 6) is -0.530. The van der Waals surface area contributed by atoms with Gasteiger partial charge in [0.1, 0.15) is 5.69 Å². The summed E-state index contributed by atoms with van der Waals surface area (Å²) in [7, 11) is 1.40. The lowest BCUT2D eigenvalue weighted by molar-refractivity contribution is -0.146. The number of ether oxygens (including phenoxy) is 1. The van der Waals surface area contributed by atoms with Crippen LogP contribution < -0.4 is 10.9 Å². The number of rotatable bonds is 5. The fourth-order valence-corrected chi connectivity index (χ4v) is 2.84. The van der Waals surface area contributed by atoms with Crippen LogP contribution in [-0.2, 0) is 16.1 Å². The van der Waals surface area contributed by atoms with E-state index in [2.05, 4.69) is 10.4 Å². The molecule has 7 heteroatoms. The van der Waals surface area contributed by atoms with Crippen molar-refractivity contribution in [3.05, 3.63) is 28.2 Å². The van der Waals surface area contributed by atoms with E-state index in [1.807, 2.05) is 6.92 Å². The summed E-state index contributed by atoms with van der Waals surface area (Å²) >= 11 is 0. The quantitative estimate of drug-likeness (QED) is 0.821. The van der Waals surface area contributed by atoms with Crippen LogP contribution in [0.5, 0.6) is 0 Å². The van der Waals surface area contributed by atoms with Gasteiger partial charge in [-0.15, -0.1) is 0 Å². The Morgan fingerprint density at radius 1 is 1.30 bits per heavy atom. The van der Waals surface area contributed by atoms with Gasteiger partial charge in [0.15, 0.2) is 0 Å². The molecule has 0 atom stereocenters. The van der Waals surface area contributed by atoms with Gasteiger partial charge >= 0.3 is 5.97 Å². The highest BCUT2D eigenvalue weighted by molar-refractivity contribution is 5.92. The maximum Gasteiger partial charge on any atom is 0.308 e. The van der Waals surface area contributed by atoms with Gasteiger partial charge in [-0.25, -0.2) is 4.68 Å². The van der Waals surface area contributed by atoms with E-state index in [-0.39, 0.29) is 35.1 Å². The Hall–Kier alpha value is -2.18. The third-order valence-corrected chi connectivity index (χ3v) is 4.13. The summed E-state index contributed by atoms with van der Waals surface area (Å²) in [6.45, 7) is 2.44. The average molecular weight is 321 g/mol. The van der Waals surface area contributed by atoms with Crippen LogP contribution in [0.3, 0.4) is 0 Å². The van der Waals surface area contributed by atoms with Crippen molar-refractivity contribution in [2.75, 3.05) is 7.11 Å². The number of amides is 1. The molecule has 0 spiro atoms. The Morgan fingerprint density at radius 3 is 2.61 bits per heavy atom. The van der Waals surface area contributed by atoms with Gasteiger partial charge < -0.3 is 10.1 Å². The Bertz CT molecular complexity index is 618. The van der Waals surface area contributed by atoms with Crippen molar-refractivity contribution in [1.29, 1.82) is 0 Å². The Labute approximate surface area is 135 Å². The maximum absolute atomic E-state index is 12.3. The van der Waals surface area contributed by atoms with Crippen molar-refractivity contribution in [3.8, 4) is 0 Å². The molecule has 0 saturated heterocycles. The number of methoxy groups -OCH3 is 1. The Balaban J connectivity index is 1.94. The van der Waals surface area contributed by atoms with E-state index >= 15 is 0 Å². The molecule has 1 aromatic rings. The highest BCUT2D eigenvalue weighted by Gasteiger charge is 2.28. The smallest absolute Gasteiger partial charge is 0.308 e. The SMILES string of the molecule is CCCn1nc(C(=O)NC2CCC(C(=O)OC)CC2)ccc1=O. The molecule has 0 unspecified atom stereocenters. The molecule has 2 rings (SSSR count). The summed E-state index contributed by atoms with van der Waals surface area (Å²) in [6, 6.07) is 2.84. The topological polar surface area (TPSA) is 90.3 Å². The predicted molar refractivity (Wildman–Crippen MR) is 84.0 cm³/mol. The molecule has 1 N–H and O–H groups in total.